The van der Waals surface area contributed by atoms with Crippen LogP contribution < -0.4 is 9.04 Å². The minimum atomic E-state index is -3.72. The maximum atomic E-state index is 13.6. The first-order valence-electron chi connectivity index (χ1n) is 9.17. The lowest BCUT2D eigenvalue weighted by molar-refractivity contribution is 0.330. The minimum Gasteiger partial charge on any atom is -0.492 e. The van der Waals surface area contributed by atoms with Gasteiger partial charge < -0.3 is 4.74 Å². The van der Waals surface area contributed by atoms with Gasteiger partial charge in [-0.1, -0.05) is 32.0 Å². The van der Waals surface area contributed by atoms with Gasteiger partial charge in [0.15, 0.2) is 0 Å². The van der Waals surface area contributed by atoms with E-state index in [4.69, 9.17) is 4.74 Å². The summed E-state index contributed by atoms with van der Waals surface area (Å²) in [6.45, 7) is 10.4. The van der Waals surface area contributed by atoms with E-state index in [1.807, 2.05) is 51.1 Å². The highest BCUT2D eigenvalue weighted by molar-refractivity contribution is 7.93. The highest BCUT2D eigenvalue weighted by Crippen LogP contribution is 2.40. The first kappa shape index (κ1) is 18.8. The Morgan fingerprint density at radius 3 is 2.58 bits per heavy atom. The largest absolute Gasteiger partial charge is 0.492 e. The summed E-state index contributed by atoms with van der Waals surface area (Å²) in [5, 5.41) is 0. The molecular weight excluding hydrogens is 346 g/mol. The Morgan fingerprint density at radius 1 is 1.23 bits per heavy atom. The maximum Gasteiger partial charge on any atom is 0.268 e. The Balaban J connectivity index is 2.19. The summed E-state index contributed by atoms with van der Waals surface area (Å²) >= 11 is 0. The second-order valence-electron chi connectivity index (χ2n) is 7.23. The molecule has 5 heteroatoms. The number of benzene rings is 2. The fourth-order valence-corrected chi connectivity index (χ4v) is 5.62. The fraction of sp³-hybridized carbons (Fsp3) is 0.429. The van der Waals surface area contributed by atoms with Crippen molar-refractivity contribution in [2.75, 3.05) is 10.9 Å². The molecule has 0 aliphatic carbocycles. The van der Waals surface area contributed by atoms with Crippen LogP contribution in [0.1, 0.15) is 50.3 Å². The molecule has 1 aliphatic heterocycles. The molecule has 2 aromatic rings. The lowest BCUT2D eigenvalue weighted by Gasteiger charge is -2.26. The number of rotatable bonds is 5. The molecule has 0 amide bonds. The monoisotopic (exact) mass is 373 g/mol. The second kappa shape index (κ2) is 6.95. The topological polar surface area (TPSA) is 46.6 Å². The van der Waals surface area contributed by atoms with Crippen molar-refractivity contribution in [1.82, 2.24) is 0 Å². The third kappa shape index (κ3) is 3.09. The number of anilines is 1. The Labute approximate surface area is 156 Å². The first-order chi connectivity index (χ1) is 12.3. The molecule has 140 valence electrons. The van der Waals surface area contributed by atoms with Crippen LogP contribution in [0.5, 0.6) is 5.75 Å². The SMILES string of the molecule is CCOc1cc(C)c(C(C)C)cc1S(=O)(=O)N1c2ccccc2C[C@H]1C. The summed E-state index contributed by atoms with van der Waals surface area (Å²) < 4.78 is 34.5. The lowest BCUT2D eigenvalue weighted by atomic mass is 9.98. The van der Waals surface area contributed by atoms with Gasteiger partial charge in [-0.3, -0.25) is 4.31 Å². The first-order valence-corrected chi connectivity index (χ1v) is 10.6. The van der Waals surface area contributed by atoms with Crippen LogP contribution >= 0.6 is 0 Å². The van der Waals surface area contributed by atoms with Gasteiger partial charge in [-0.15, -0.1) is 0 Å². The number of aryl methyl sites for hydroxylation is 1. The van der Waals surface area contributed by atoms with Gasteiger partial charge in [0.2, 0.25) is 0 Å². The molecule has 1 heterocycles. The van der Waals surface area contributed by atoms with E-state index in [0.717, 1.165) is 28.8 Å². The van der Waals surface area contributed by atoms with Gasteiger partial charge in [0, 0.05) is 6.04 Å². The zero-order chi connectivity index (χ0) is 19.1. The van der Waals surface area contributed by atoms with Gasteiger partial charge in [0.1, 0.15) is 10.6 Å². The molecule has 0 spiro atoms. The van der Waals surface area contributed by atoms with Crippen molar-refractivity contribution in [1.29, 1.82) is 0 Å². The Hall–Kier alpha value is -2.01. The standard InChI is InChI=1S/C21H27NO3S/c1-6-25-20-11-15(4)18(14(2)3)13-21(20)26(23,24)22-16(5)12-17-9-7-8-10-19(17)22/h7-11,13-14,16H,6,12H2,1-5H3/t16-/m1/s1. The van der Waals surface area contributed by atoms with E-state index in [1.54, 1.807) is 10.4 Å². The number of para-hydroxylation sites is 1. The Bertz CT molecular complexity index is 919. The summed E-state index contributed by atoms with van der Waals surface area (Å²) in [7, 11) is -3.72. The van der Waals surface area contributed by atoms with Crippen molar-refractivity contribution in [3.05, 3.63) is 53.1 Å². The molecular formula is C21H27NO3S. The molecule has 0 fully saturated rings. The van der Waals surface area contributed by atoms with E-state index in [2.05, 4.69) is 13.8 Å². The van der Waals surface area contributed by atoms with Gasteiger partial charge in [0.05, 0.1) is 12.3 Å². The zero-order valence-corrected chi connectivity index (χ0v) is 16.9. The molecule has 1 atom stereocenters. The van der Waals surface area contributed by atoms with Crippen molar-refractivity contribution in [2.24, 2.45) is 0 Å². The lowest BCUT2D eigenvalue weighted by Crippen LogP contribution is -2.36. The minimum absolute atomic E-state index is 0.115. The smallest absolute Gasteiger partial charge is 0.268 e. The van der Waals surface area contributed by atoms with Gasteiger partial charge in [-0.25, -0.2) is 8.42 Å². The number of fused-ring (bicyclic) bond motifs is 1. The summed E-state index contributed by atoms with van der Waals surface area (Å²) in [6.07, 6.45) is 0.724. The number of hydrogen-bond acceptors (Lipinski definition) is 3. The van der Waals surface area contributed by atoms with Crippen LogP contribution in [0.2, 0.25) is 0 Å². The van der Waals surface area contributed by atoms with Crippen LogP contribution in [0.3, 0.4) is 0 Å². The van der Waals surface area contributed by atoms with Crippen LogP contribution in [-0.2, 0) is 16.4 Å². The predicted octanol–water partition coefficient (Wildman–Crippen LogP) is 4.66. The van der Waals surface area contributed by atoms with E-state index in [9.17, 15) is 8.42 Å². The van der Waals surface area contributed by atoms with Gasteiger partial charge in [-0.2, -0.15) is 0 Å². The molecule has 0 bridgehead atoms. The van der Waals surface area contributed by atoms with Crippen molar-refractivity contribution in [2.45, 2.75) is 57.9 Å². The quantitative estimate of drug-likeness (QED) is 0.766. The Morgan fingerprint density at radius 2 is 1.92 bits per heavy atom. The van der Waals surface area contributed by atoms with E-state index in [-0.39, 0.29) is 16.9 Å². The maximum absolute atomic E-state index is 13.6. The van der Waals surface area contributed by atoms with Crippen molar-refractivity contribution in [3.63, 3.8) is 0 Å². The van der Waals surface area contributed by atoms with E-state index in [0.29, 0.717) is 12.4 Å². The molecule has 0 radical (unpaired) electrons. The summed E-state index contributed by atoms with van der Waals surface area (Å²) in [5.41, 5.74) is 3.93. The van der Waals surface area contributed by atoms with E-state index >= 15 is 0 Å². The number of hydrogen-bond donors (Lipinski definition) is 0. The molecule has 4 nitrogen and oxygen atoms in total. The van der Waals surface area contributed by atoms with Crippen molar-refractivity contribution in [3.8, 4) is 5.75 Å². The second-order valence-corrected chi connectivity index (χ2v) is 9.01. The average Bonchev–Trinajstić information content (AvgIpc) is 2.91. The molecule has 2 aromatic carbocycles. The molecule has 0 aromatic heterocycles. The molecule has 0 N–H and O–H groups in total. The van der Waals surface area contributed by atoms with Gasteiger partial charge in [0.25, 0.3) is 10.0 Å². The third-order valence-corrected chi connectivity index (χ3v) is 6.89. The van der Waals surface area contributed by atoms with Crippen molar-refractivity contribution < 1.29 is 13.2 Å². The van der Waals surface area contributed by atoms with E-state index in [1.165, 1.54) is 0 Å². The number of nitrogens with zero attached hydrogens (tertiary/aromatic N) is 1. The fourth-order valence-electron chi connectivity index (χ4n) is 3.78. The van der Waals surface area contributed by atoms with Crippen LogP contribution in [0.25, 0.3) is 0 Å². The van der Waals surface area contributed by atoms with Crippen LogP contribution in [0.4, 0.5) is 5.69 Å². The van der Waals surface area contributed by atoms with Crippen LogP contribution in [-0.4, -0.2) is 21.1 Å². The average molecular weight is 374 g/mol. The molecule has 26 heavy (non-hydrogen) atoms. The highest BCUT2D eigenvalue weighted by atomic mass is 32.2. The highest BCUT2D eigenvalue weighted by Gasteiger charge is 2.37. The molecule has 0 saturated carbocycles. The summed E-state index contributed by atoms with van der Waals surface area (Å²) in [6, 6.07) is 11.3. The number of ether oxygens (including phenoxy) is 1. The molecule has 3 rings (SSSR count). The molecule has 0 unspecified atom stereocenters. The normalized spacial score (nSPS) is 16.8. The predicted molar refractivity (Wildman–Crippen MR) is 106 cm³/mol. The van der Waals surface area contributed by atoms with Gasteiger partial charge in [-0.05, 0) is 68.0 Å². The molecule has 1 aliphatic rings. The van der Waals surface area contributed by atoms with Gasteiger partial charge >= 0.3 is 0 Å². The zero-order valence-electron chi connectivity index (χ0n) is 16.1. The van der Waals surface area contributed by atoms with E-state index < -0.39 is 10.0 Å². The molecule has 0 saturated heterocycles. The van der Waals surface area contributed by atoms with Crippen LogP contribution in [0, 0.1) is 6.92 Å². The third-order valence-electron chi connectivity index (χ3n) is 4.94. The number of sulfonamides is 1. The van der Waals surface area contributed by atoms with Crippen LogP contribution in [0.15, 0.2) is 41.3 Å². The summed E-state index contributed by atoms with van der Waals surface area (Å²) in [4.78, 5) is 0.261. The summed E-state index contributed by atoms with van der Waals surface area (Å²) in [5.74, 6) is 0.675. The Kier molecular flexibility index (Phi) is 5.02. The van der Waals surface area contributed by atoms with Crippen molar-refractivity contribution >= 4 is 15.7 Å².